The molecule has 10 heteroatoms. The number of aliphatic hydroxyl groups is 4. The Morgan fingerprint density at radius 2 is 1.70 bits per heavy atom. The molecule has 10 nitrogen and oxygen atoms in total. The first-order chi connectivity index (χ1) is 17.6. The number of hydrogen-bond acceptors (Lipinski definition) is 10. The molecule has 0 amide bonds. The zero-order valence-corrected chi connectivity index (χ0v) is 20.0. The summed E-state index contributed by atoms with van der Waals surface area (Å²) >= 11 is 0. The standard InChI is InChI=1S/C27H26O10/c1-27(2)11-15(25(33)37-27)20-17(35-26-23(32)22(31)21(30)19(12-28)36-26)9-8-14-16(29)10-18(34-24(14)20)13-6-4-3-5-7-13/h3-11,19,21-23,26,28,30-32H,12H2,1-2H3/t19-,21-,22+,23-,26-/m1/s1. The number of carbonyl (C=O) groups excluding carboxylic acids is 1. The Hall–Kier alpha value is -3.54. The van der Waals surface area contributed by atoms with Crippen LogP contribution in [-0.4, -0.2) is 69.3 Å². The lowest BCUT2D eigenvalue weighted by Crippen LogP contribution is -2.60. The Labute approximate surface area is 210 Å². The van der Waals surface area contributed by atoms with Crippen LogP contribution in [0.15, 0.2) is 63.8 Å². The minimum absolute atomic E-state index is 0.00825. The molecule has 5 atom stereocenters. The van der Waals surface area contributed by atoms with Crippen molar-refractivity contribution in [2.75, 3.05) is 6.61 Å². The van der Waals surface area contributed by atoms with Crippen molar-refractivity contribution in [2.24, 2.45) is 0 Å². The van der Waals surface area contributed by atoms with E-state index in [0.29, 0.717) is 5.56 Å². The third-order valence-corrected chi connectivity index (χ3v) is 6.35. The van der Waals surface area contributed by atoms with Crippen LogP contribution in [0.25, 0.3) is 27.9 Å². The number of fused-ring (bicyclic) bond motifs is 1. The molecule has 0 radical (unpaired) electrons. The molecule has 2 aliphatic rings. The molecule has 0 saturated carbocycles. The number of benzene rings is 2. The maximum atomic E-state index is 13.1. The van der Waals surface area contributed by atoms with Crippen LogP contribution in [0.3, 0.4) is 0 Å². The first-order valence-electron chi connectivity index (χ1n) is 11.7. The van der Waals surface area contributed by atoms with E-state index in [1.807, 2.05) is 6.07 Å². The molecule has 4 N–H and O–H groups in total. The minimum Gasteiger partial charge on any atom is -0.461 e. The zero-order valence-electron chi connectivity index (χ0n) is 20.0. The molecule has 1 aromatic heterocycles. The molecule has 0 spiro atoms. The monoisotopic (exact) mass is 510 g/mol. The van der Waals surface area contributed by atoms with Crippen molar-refractivity contribution < 1.29 is 43.8 Å². The van der Waals surface area contributed by atoms with Gasteiger partial charge in [-0.05, 0) is 32.1 Å². The average molecular weight is 510 g/mol. The summed E-state index contributed by atoms with van der Waals surface area (Å²) in [7, 11) is 0. The van der Waals surface area contributed by atoms with Crippen molar-refractivity contribution in [1.82, 2.24) is 0 Å². The Morgan fingerprint density at radius 3 is 2.35 bits per heavy atom. The molecule has 3 aromatic rings. The zero-order chi connectivity index (χ0) is 26.5. The molecule has 2 aliphatic heterocycles. The van der Waals surface area contributed by atoms with Gasteiger partial charge in [-0.3, -0.25) is 4.79 Å². The molecule has 2 aromatic carbocycles. The summed E-state index contributed by atoms with van der Waals surface area (Å²) in [6, 6.07) is 13.2. The summed E-state index contributed by atoms with van der Waals surface area (Å²) in [5.74, 6) is -0.425. The molecule has 0 bridgehead atoms. The summed E-state index contributed by atoms with van der Waals surface area (Å²) in [6.45, 7) is 2.73. The summed E-state index contributed by atoms with van der Waals surface area (Å²) < 4.78 is 23.0. The first kappa shape index (κ1) is 25.1. The Bertz CT molecular complexity index is 1420. The summed E-state index contributed by atoms with van der Waals surface area (Å²) in [6.07, 6.45) is -6.09. The van der Waals surface area contributed by atoms with E-state index in [9.17, 15) is 30.0 Å². The third-order valence-electron chi connectivity index (χ3n) is 6.35. The van der Waals surface area contributed by atoms with Gasteiger partial charge in [-0.2, -0.15) is 0 Å². The quantitative estimate of drug-likeness (QED) is 0.370. The summed E-state index contributed by atoms with van der Waals surface area (Å²) in [4.78, 5) is 26.0. The van der Waals surface area contributed by atoms with Crippen LogP contribution < -0.4 is 10.2 Å². The fraction of sp³-hybridized carbons (Fsp3) is 0.333. The molecular formula is C27H26O10. The first-order valence-corrected chi connectivity index (χ1v) is 11.7. The van der Waals surface area contributed by atoms with Crippen molar-refractivity contribution in [3.63, 3.8) is 0 Å². The van der Waals surface area contributed by atoms with Gasteiger partial charge in [0.05, 0.1) is 23.1 Å². The highest BCUT2D eigenvalue weighted by Crippen LogP contribution is 2.41. The van der Waals surface area contributed by atoms with Gasteiger partial charge in [0.25, 0.3) is 0 Å². The maximum absolute atomic E-state index is 13.1. The molecule has 1 fully saturated rings. The van der Waals surface area contributed by atoms with Crippen LogP contribution in [0.2, 0.25) is 0 Å². The van der Waals surface area contributed by atoms with Gasteiger partial charge in [0.2, 0.25) is 6.29 Å². The van der Waals surface area contributed by atoms with Crippen LogP contribution in [0.1, 0.15) is 19.4 Å². The minimum atomic E-state index is -1.69. The van der Waals surface area contributed by atoms with E-state index in [-0.39, 0.29) is 39.0 Å². The van der Waals surface area contributed by atoms with Crippen LogP contribution in [-0.2, 0) is 14.3 Å². The Morgan fingerprint density at radius 1 is 0.973 bits per heavy atom. The molecule has 37 heavy (non-hydrogen) atoms. The van der Waals surface area contributed by atoms with Gasteiger partial charge < -0.3 is 39.1 Å². The number of ether oxygens (including phenoxy) is 3. The second-order valence-electron chi connectivity index (χ2n) is 9.52. The normalized spacial score (nSPS) is 27.1. The van der Waals surface area contributed by atoms with Crippen LogP contribution in [0.5, 0.6) is 5.75 Å². The van der Waals surface area contributed by atoms with E-state index >= 15 is 0 Å². The van der Waals surface area contributed by atoms with Gasteiger partial charge in [0.1, 0.15) is 47.1 Å². The van der Waals surface area contributed by atoms with Crippen LogP contribution in [0, 0.1) is 0 Å². The lowest BCUT2D eigenvalue weighted by molar-refractivity contribution is -0.277. The Kier molecular flexibility index (Phi) is 6.38. The van der Waals surface area contributed by atoms with Crippen molar-refractivity contribution in [2.45, 2.75) is 50.2 Å². The van der Waals surface area contributed by atoms with Gasteiger partial charge in [0.15, 0.2) is 5.43 Å². The van der Waals surface area contributed by atoms with Crippen LogP contribution in [0.4, 0.5) is 0 Å². The van der Waals surface area contributed by atoms with Crippen molar-refractivity contribution in [3.8, 4) is 17.1 Å². The molecule has 194 valence electrons. The SMILES string of the molecule is CC1(C)C=C(c2c(O[C@@H]3O[C@H](CO)[C@@H](O)[C@H](O)[C@H]3O)ccc3c(=O)cc(-c4ccccc4)oc23)C(=O)O1. The fourth-order valence-corrected chi connectivity index (χ4v) is 4.49. The summed E-state index contributed by atoms with van der Waals surface area (Å²) in [5.41, 5.74) is -0.451. The predicted octanol–water partition coefficient (Wildman–Crippen LogP) is 1.36. The average Bonchev–Trinajstić information content (AvgIpc) is 3.15. The third kappa shape index (κ3) is 4.54. The highest BCUT2D eigenvalue weighted by molar-refractivity contribution is 6.22. The highest BCUT2D eigenvalue weighted by Gasteiger charge is 2.45. The molecule has 5 rings (SSSR count). The van der Waals surface area contributed by atoms with Gasteiger partial charge in [-0.1, -0.05) is 30.3 Å². The van der Waals surface area contributed by atoms with E-state index in [0.717, 1.165) is 0 Å². The largest absolute Gasteiger partial charge is 0.461 e. The van der Waals surface area contributed by atoms with E-state index < -0.39 is 48.9 Å². The Balaban J connectivity index is 1.70. The van der Waals surface area contributed by atoms with Gasteiger partial charge >= 0.3 is 5.97 Å². The molecular weight excluding hydrogens is 484 g/mol. The van der Waals surface area contributed by atoms with Gasteiger partial charge in [-0.15, -0.1) is 0 Å². The van der Waals surface area contributed by atoms with Crippen molar-refractivity contribution in [3.05, 3.63) is 70.4 Å². The lowest BCUT2D eigenvalue weighted by Gasteiger charge is -2.39. The number of rotatable bonds is 5. The predicted molar refractivity (Wildman–Crippen MR) is 130 cm³/mol. The van der Waals surface area contributed by atoms with E-state index in [1.54, 1.807) is 44.2 Å². The number of cyclic esters (lactones) is 1. The molecule has 0 aliphatic carbocycles. The topological polar surface area (TPSA) is 156 Å². The van der Waals surface area contributed by atoms with E-state index in [4.69, 9.17) is 18.6 Å². The number of carbonyl (C=O) groups is 1. The number of aliphatic hydroxyl groups excluding tert-OH is 4. The molecule has 0 unspecified atom stereocenters. The highest BCUT2D eigenvalue weighted by atomic mass is 16.7. The second-order valence-corrected chi connectivity index (χ2v) is 9.52. The van der Waals surface area contributed by atoms with Crippen molar-refractivity contribution >= 4 is 22.5 Å². The van der Waals surface area contributed by atoms with Crippen LogP contribution >= 0.6 is 0 Å². The fourth-order valence-electron chi connectivity index (χ4n) is 4.49. The van der Waals surface area contributed by atoms with E-state index in [2.05, 4.69) is 0 Å². The number of esters is 1. The van der Waals surface area contributed by atoms with Crippen molar-refractivity contribution in [1.29, 1.82) is 0 Å². The van der Waals surface area contributed by atoms with Gasteiger partial charge in [-0.25, -0.2) is 4.79 Å². The van der Waals surface area contributed by atoms with E-state index in [1.165, 1.54) is 18.2 Å². The second kappa shape index (κ2) is 9.40. The lowest BCUT2D eigenvalue weighted by atomic mass is 9.97. The molecule has 3 heterocycles. The maximum Gasteiger partial charge on any atom is 0.339 e. The van der Waals surface area contributed by atoms with Gasteiger partial charge in [0, 0.05) is 11.6 Å². The smallest absolute Gasteiger partial charge is 0.339 e. The number of hydrogen-bond donors (Lipinski definition) is 4. The summed E-state index contributed by atoms with van der Waals surface area (Å²) in [5, 5.41) is 40.5. The molecule has 1 saturated heterocycles.